The first-order chi connectivity index (χ1) is 13.1. The predicted molar refractivity (Wildman–Crippen MR) is 100 cm³/mol. The molecule has 0 atom stereocenters. The number of hydrogen-bond acceptors (Lipinski definition) is 3. The van der Waals surface area contributed by atoms with Gasteiger partial charge in [0.2, 0.25) is 5.91 Å². The van der Waals surface area contributed by atoms with Crippen LogP contribution < -0.4 is 10.6 Å². The number of amides is 2. The SMILES string of the molecule is O=C(NCC1CCC(C(=O)NCc2cccnc2)CC1)c1ccc(F)cc1. The second-order valence-corrected chi connectivity index (χ2v) is 7.01. The number of carbonyl (C=O) groups excluding carboxylic acids is 2. The lowest BCUT2D eigenvalue weighted by molar-refractivity contribution is -0.126. The van der Waals surface area contributed by atoms with Crippen LogP contribution in [0.5, 0.6) is 0 Å². The van der Waals surface area contributed by atoms with Crippen molar-refractivity contribution in [3.63, 3.8) is 0 Å². The molecule has 0 saturated heterocycles. The maximum atomic E-state index is 12.9. The first kappa shape index (κ1) is 19.0. The van der Waals surface area contributed by atoms with Gasteiger partial charge in [-0.2, -0.15) is 0 Å². The van der Waals surface area contributed by atoms with Gasteiger partial charge in [-0.1, -0.05) is 6.07 Å². The predicted octanol–water partition coefficient (Wildman–Crippen LogP) is 3.07. The number of rotatable bonds is 6. The molecule has 1 aliphatic rings. The highest BCUT2D eigenvalue weighted by molar-refractivity contribution is 5.94. The fourth-order valence-corrected chi connectivity index (χ4v) is 3.41. The minimum Gasteiger partial charge on any atom is -0.352 e. The highest BCUT2D eigenvalue weighted by Gasteiger charge is 2.26. The van der Waals surface area contributed by atoms with Crippen molar-refractivity contribution in [2.24, 2.45) is 11.8 Å². The molecular formula is C21H24FN3O2. The van der Waals surface area contributed by atoms with Crippen molar-refractivity contribution in [3.05, 3.63) is 65.7 Å². The second kappa shape index (κ2) is 9.26. The van der Waals surface area contributed by atoms with E-state index < -0.39 is 0 Å². The number of benzene rings is 1. The molecule has 2 N–H and O–H groups in total. The molecule has 0 aliphatic heterocycles. The summed E-state index contributed by atoms with van der Waals surface area (Å²) in [6.07, 6.45) is 6.94. The van der Waals surface area contributed by atoms with E-state index in [1.165, 1.54) is 24.3 Å². The Hall–Kier alpha value is -2.76. The smallest absolute Gasteiger partial charge is 0.251 e. The van der Waals surface area contributed by atoms with Crippen LogP contribution in [0.15, 0.2) is 48.8 Å². The lowest BCUT2D eigenvalue weighted by Gasteiger charge is -2.28. The second-order valence-electron chi connectivity index (χ2n) is 7.01. The van der Waals surface area contributed by atoms with E-state index >= 15 is 0 Å². The zero-order valence-electron chi connectivity index (χ0n) is 15.2. The molecule has 1 saturated carbocycles. The van der Waals surface area contributed by atoms with Crippen LogP contribution in [0, 0.1) is 17.7 Å². The quantitative estimate of drug-likeness (QED) is 0.822. The molecule has 1 heterocycles. The first-order valence-electron chi connectivity index (χ1n) is 9.32. The summed E-state index contributed by atoms with van der Waals surface area (Å²) in [5.41, 5.74) is 1.45. The van der Waals surface area contributed by atoms with Gasteiger partial charge < -0.3 is 10.6 Å². The number of carbonyl (C=O) groups is 2. The Morgan fingerprint density at radius 3 is 2.44 bits per heavy atom. The van der Waals surface area contributed by atoms with E-state index in [0.717, 1.165) is 31.2 Å². The fourth-order valence-electron chi connectivity index (χ4n) is 3.41. The number of pyridine rings is 1. The maximum absolute atomic E-state index is 12.9. The van der Waals surface area contributed by atoms with Gasteiger partial charge in [0, 0.05) is 37.0 Å². The van der Waals surface area contributed by atoms with Gasteiger partial charge in [0.1, 0.15) is 5.82 Å². The average Bonchev–Trinajstić information content (AvgIpc) is 2.72. The van der Waals surface area contributed by atoms with Crippen molar-refractivity contribution >= 4 is 11.8 Å². The Balaban J connectivity index is 1.37. The lowest BCUT2D eigenvalue weighted by Crippen LogP contribution is -2.36. The summed E-state index contributed by atoms with van der Waals surface area (Å²) in [5, 5.41) is 5.89. The molecule has 1 aromatic carbocycles. The van der Waals surface area contributed by atoms with Crippen molar-refractivity contribution < 1.29 is 14.0 Å². The van der Waals surface area contributed by atoms with Crippen LogP contribution in [0.2, 0.25) is 0 Å². The number of hydrogen-bond donors (Lipinski definition) is 2. The van der Waals surface area contributed by atoms with Crippen molar-refractivity contribution in [3.8, 4) is 0 Å². The summed E-state index contributed by atoms with van der Waals surface area (Å²) in [7, 11) is 0. The summed E-state index contributed by atoms with van der Waals surface area (Å²) in [6.45, 7) is 1.08. The highest BCUT2D eigenvalue weighted by Crippen LogP contribution is 2.28. The van der Waals surface area contributed by atoms with Crippen molar-refractivity contribution in [1.82, 2.24) is 15.6 Å². The summed E-state index contributed by atoms with van der Waals surface area (Å²) >= 11 is 0. The molecule has 0 radical (unpaired) electrons. The van der Waals surface area contributed by atoms with E-state index in [-0.39, 0.29) is 23.5 Å². The molecule has 0 spiro atoms. The first-order valence-corrected chi connectivity index (χ1v) is 9.32. The van der Waals surface area contributed by atoms with Crippen molar-refractivity contribution in [2.45, 2.75) is 32.2 Å². The molecule has 2 amide bonds. The van der Waals surface area contributed by atoms with Crippen LogP contribution in [-0.2, 0) is 11.3 Å². The monoisotopic (exact) mass is 369 g/mol. The summed E-state index contributed by atoms with van der Waals surface area (Å²) in [5.74, 6) is -0.0480. The van der Waals surface area contributed by atoms with Gasteiger partial charge in [0.05, 0.1) is 0 Å². The van der Waals surface area contributed by atoms with Gasteiger partial charge in [-0.3, -0.25) is 14.6 Å². The largest absolute Gasteiger partial charge is 0.352 e. The third-order valence-electron chi connectivity index (χ3n) is 5.06. The van der Waals surface area contributed by atoms with Crippen LogP contribution in [0.25, 0.3) is 0 Å². The van der Waals surface area contributed by atoms with E-state index in [9.17, 15) is 14.0 Å². The molecule has 1 aliphatic carbocycles. The van der Waals surface area contributed by atoms with Crippen LogP contribution >= 0.6 is 0 Å². The minimum absolute atomic E-state index is 0.0331. The van der Waals surface area contributed by atoms with E-state index in [0.29, 0.717) is 24.6 Å². The molecule has 6 heteroatoms. The molecule has 3 rings (SSSR count). The normalized spacial score (nSPS) is 19.3. The van der Waals surface area contributed by atoms with Gasteiger partial charge in [-0.05, 0) is 67.5 Å². The Morgan fingerprint density at radius 2 is 1.78 bits per heavy atom. The Kier molecular flexibility index (Phi) is 6.52. The molecule has 27 heavy (non-hydrogen) atoms. The zero-order valence-corrected chi connectivity index (χ0v) is 15.2. The molecule has 5 nitrogen and oxygen atoms in total. The maximum Gasteiger partial charge on any atom is 0.251 e. The highest BCUT2D eigenvalue weighted by atomic mass is 19.1. The van der Waals surface area contributed by atoms with Gasteiger partial charge in [0.25, 0.3) is 5.91 Å². The topological polar surface area (TPSA) is 71.1 Å². The number of halogens is 1. The van der Waals surface area contributed by atoms with Crippen molar-refractivity contribution in [2.75, 3.05) is 6.54 Å². The van der Waals surface area contributed by atoms with Gasteiger partial charge in [-0.15, -0.1) is 0 Å². The van der Waals surface area contributed by atoms with E-state index in [1.54, 1.807) is 12.4 Å². The van der Waals surface area contributed by atoms with Gasteiger partial charge in [0.15, 0.2) is 0 Å². The van der Waals surface area contributed by atoms with E-state index in [2.05, 4.69) is 15.6 Å². The third kappa shape index (κ3) is 5.61. The molecule has 0 unspecified atom stereocenters. The average molecular weight is 369 g/mol. The van der Waals surface area contributed by atoms with Crippen LogP contribution in [0.4, 0.5) is 4.39 Å². The molecule has 1 aromatic heterocycles. The Bertz CT molecular complexity index is 757. The standard InChI is InChI=1S/C21H24FN3O2/c22-19-9-7-18(8-10-19)21(27)24-13-15-3-5-17(6-4-15)20(26)25-14-16-2-1-11-23-12-16/h1-2,7-12,15,17H,3-6,13-14H2,(H,24,27)(H,25,26). The van der Waals surface area contributed by atoms with Crippen LogP contribution in [-0.4, -0.2) is 23.3 Å². The van der Waals surface area contributed by atoms with Crippen LogP contribution in [0.1, 0.15) is 41.6 Å². The Labute approximate surface area is 158 Å². The molecule has 0 bridgehead atoms. The van der Waals surface area contributed by atoms with Gasteiger partial charge >= 0.3 is 0 Å². The van der Waals surface area contributed by atoms with Gasteiger partial charge in [-0.25, -0.2) is 4.39 Å². The third-order valence-corrected chi connectivity index (χ3v) is 5.06. The number of aromatic nitrogens is 1. The molecule has 1 fully saturated rings. The number of nitrogens with zero attached hydrogens (tertiary/aromatic N) is 1. The van der Waals surface area contributed by atoms with Crippen molar-refractivity contribution in [1.29, 1.82) is 0 Å². The Morgan fingerprint density at radius 1 is 1.04 bits per heavy atom. The fraction of sp³-hybridized carbons (Fsp3) is 0.381. The number of nitrogens with one attached hydrogen (secondary N) is 2. The van der Waals surface area contributed by atoms with E-state index in [4.69, 9.17) is 0 Å². The molecule has 2 aromatic rings. The zero-order chi connectivity index (χ0) is 19.1. The van der Waals surface area contributed by atoms with E-state index in [1.807, 2.05) is 12.1 Å². The lowest BCUT2D eigenvalue weighted by atomic mass is 9.81. The molecule has 142 valence electrons. The summed E-state index contributed by atoms with van der Waals surface area (Å²) in [6, 6.07) is 9.32. The van der Waals surface area contributed by atoms with Crippen LogP contribution in [0.3, 0.4) is 0 Å². The minimum atomic E-state index is -0.355. The summed E-state index contributed by atoms with van der Waals surface area (Å²) in [4.78, 5) is 28.5. The molecular weight excluding hydrogens is 345 g/mol. The summed E-state index contributed by atoms with van der Waals surface area (Å²) < 4.78 is 12.9.